The van der Waals surface area contributed by atoms with Crippen molar-refractivity contribution in [3.8, 4) is 11.8 Å². The largest absolute Gasteiger partial charge is 0.372 e. The Balaban J connectivity index is 1.63. The second-order valence-electron chi connectivity index (χ2n) is 6.54. The Hall–Kier alpha value is -2.35. The minimum Gasteiger partial charge on any atom is -0.372 e. The van der Waals surface area contributed by atoms with Crippen LogP contribution in [0, 0.1) is 11.3 Å². The van der Waals surface area contributed by atoms with E-state index in [1.54, 1.807) is 0 Å². The molecule has 0 amide bonds. The number of rotatable bonds is 3. The smallest absolute Gasteiger partial charge is 0.186 e. The van der Waals surface area contributed by atoms with Crippen LogP contribution in [0.25, 0.3) is 5.69 Å². The molecule has 1 aliphatic carbocycles. The van der Waals surface area contributed by atoms with Crippen LogP contribution in [-0.4, -0.2) is 28.1 Å². The summed E-state index contributed by atoms with van der Waals surface area (Å²) in [6.45, 7) is 2.29. The lowest BCUT2D eigenvalue weighted by Crippen LogP contribution is -2.29. The van der Waals surface area contributed by atoms with Crippen molar-refractivity contribution < 1.29 is 0 Å². The molecule has 0 unspecified atom stereocenters. The molecule has 23 heavy (non-hydrogen) atoms. The summed E-state index contributed by atoms with van der Waals surface area (Å²) in [5.41, 5.74) is 3.75. The van der Waals surface area contributed by atoms with Gasteiger partial charge in [0.1, 0.15) is 6.07 Å². The number of hydrogen-bond acceptors (Lipinski definition) is 4. The molecule has 1 saturated carbocycles. The summed E-state index contributed by atoms with van der Waals surface area (Å²) in [5.74, 6) is 0.432. The van der Waals surface area contributed by atoms with Crippen molar-refractivity contribution in [2.24, 2.45) is 0 Å². The van der Waals surface area contributed by atoms with Gasteiger partial charge in [0.15, 0.2) is 5.69 Å². The highest BCUT2D eigenvalue weighted by Gasteiger charge is 2.28. The first-order valence-corrected chi connectivity index (χ1v) is 8.58. The first-order chi connectivity index (χ1) is 11.4. The average Bonchev–Trinajstić information content (AvgIpc) is 2.98. The Morgan fingerprint density at radius 3 is 2.26 bits per heavy atom. The lowest BCUT2D eigenvalue weighted by atomic mass is 9.82. The van der Waals surface area contributed by atoms with E-state index in [1.807, 2.05) is 4.68 Å². The molecule has 5 heteroatoms. The Labute approximate surface area is 136 Å². The van der Waals surface area contributed by atoms with Gasteiger partial charge in [-0.25, -0.2) is 4.68 Å². The number of hydrogen-bond donors (Lipinski definition) is 0. The number of anilines is 1. The van der Waals surface area contributed by atoms with Crippen molar-refractivity contribution in [3.05, 3.63) is 35.7 Å². The molecule has 0 atom stereocenters. The number of aromatic nitrogens is 3. The maximum Gasteiger partial charge on any atom is 0.186 e. The molecule has 0 N–H and O–H groups in total. The van der Waals surface area contributed by atoms with Gasteiger partial charge in [0.05, 0.1) is 11.4 Å². The summed E-state index contributed by atoms with van der Waals surface area (Å²) in [7, 11) is 0. The van der Waals surface area contributed by atoms with Gasteiger partial charge in [0.25, 0.3) is 0 Å². The van der Waals surface area contributed by atoms with Crippen molar-refractivity contribution in [3.63, 3.8) is 0 Å². The van der Waals surface area contributed by atoms with Crippen molar-refractivity contribution in [1.82, 2.24) is 15.0 Å². The van der Waals surface area contributed by atoms with Gasteiger partial charge in [-0.3, -0.25) is 0 Å². The van der Waals surface area contributed by atoms with Crippen LogP contribution < -0.4 is 4.90 Å². The molecule has 4 rings (SSSR count). The molecule has 0 bridgehead atoms. The van der Waals surface area contributed by atoms with Gasteiger partial charge in [0, 0.05) is 24.7 Å². The molecule has 1 aliphatic heterocycles. The number of nitrogens with zero attached hydrogens (tertiary/aromatic N) is 5. The number of benzene rings is 1. The van der Waals surface area contributed by atoms with Crippen LogP contribution in [0.15, 0.2) is 24.3 Å². The second kappa shape index (κ2) is 6.04. The van der Waals surface area contributed by atoms with E-state index in [4.69, 9.17) is 0 Å². The summed E-state index contributed by atoms with van der Waals surface area (Å²) in [4.78, 5) is 2.45. The van der Waals surface area contributed by atoms with Gasteiger partial charge in [-0.2, -0.15) is 5.26 Å². The predicted octanol–water partition coefficient (Wildman–Crippen LogP) is 3.40. The first-order valence-electron chi connectivity index (χ1n) is 8.58. The molecular weight excluding hydrogens is 286 g/mol. The summed E-state index contributed by atoms with van der Waals surface area (Å²) in [5, 5.41) is 17.6. The number of nitriles is 1. The maximum atomic E-state index is 9.29. The molecule has 1 saturated heterocycles. The van der Waals surface area contributed by atoms with Gasteiger partial charge in [-0.15, -0.1) is 5.10 Å². The summed E-state index contributed by atoms with van der Waals surface area (Å²) in [6, 6.07) is 10.7. The third-order valence-electron chi connectivity index (χ3n) is 5.12. The minimum atomic E-state index is 0.432. The molecule has 0 spiro atoms. The molecule has 2 aromatic rings. The van der Waals surface area contributed by atoms with Gasteiger partial charge in [-0.1, -0.05) is 11.6 Å². The van der Waals surface area contributed by atoms with Crippen molar-refractivity contribution in [2.75, 3.05) is 18.0 Å². The third kappa shape index (κ3) is 2.59. The fourth-order valence-corrected chi connectivity index (χ4v) is 3.56. The van der Waals surface area contributed by atoms with E-state index >= 15 is 0 Å². The van der Waals surface area contributed by atoms with Crippen LogP contribution in [0.3, 0.4) is 0 Å². The van der Waals surface area contributed by atoms with Gasteiger partial charge in [-0.05, 0) is 56.4 Å². The lowest BCUT2D eigenvalue weighted by molar-refractivity contribution is 0.402. The van der Waals surface area contributed by atoms with Crippen LogP contribution in [-0.2, 0) is 0 Å². The SMILES string of the molecule is N#Cc1nnn(-c2ccc(N3CCCCC3)cc2)c1C1CCC1. The minimum absolute atomic E-state index is 0.432. The monoisotopic (exact) mass is 307 g/mol. The normalized spacial score (nSPS) is 18.5. The highest BCUT2D eigenvalue weighted by atomic mass is 15.4. The molecule has 1 aromatic heterocycles. The van der Waals surface area contributed by atoms with Crippen molar-refractivity contribution in [1.29, 1.82) is 5.26 Å². The van der Waals surface area contributed by atoms with E-state index in [0.29, 0.717) is 11.6 Å². The van der Waals surface area contributed by atoms with Gasteiger partial charge < -0.3 is 4.90 Å². The van der Waals surface area contributed by atoms with E-state index in [0.717, 1.165) is 37.3 Å². The van der Waals surface area contributed by atoms with E-state index in [9.17, 15) is 5.26 Å². The van der Waals surface area contributed by atoms with Crippen molar-refractivity contribution in [2.45, 2.75) is 44.4 Å². The molecule has 118 valence electrons. The zero-order valence-electron chi connectivity index (χ0n) is 13.3. The second-order valence-corrected chi connectivity index (χ2v) is 6.54. The third-order valence-corrected chi connectivity index (χ3v) is 5.12. The topological polar surface area (TPSA) is 57.7 Å². The standard InChI is InChI=1S/C18H21N5/c19-13-17-18(14-5-4-6-14)23(21-20-17)16-9-7-15(8-10-16)22-11-2-1-3-12-22/h7-10,14H,1-6,11-12H2. The highest BCUT2D eigenvalue weighted by Crippen LogP contribution is 2.38. The van der Waals surface area contributed by atoms with Gasteiger partial charge >= 0.3 is 0 Å². The Morgan fingerprint density at radius 2 is 1.65 bits per heavy atom. The Morgan fingerprint density at radius 1 is 0.957 bits per heavy atom. The lowest BCUT2D eigenvalue weighted by Gasteiger charge is -2.29. The zero-order valence-corrected chi connectivity index (χ0v) is 13.3. The molecule has 0 radical (unpaired) electrons. The van der Waals surface area contributed by atoms with E-state index in [-0.39, 0.29) is 0 Å². The molecule has 5 nitrogen and oxygen atoms in total. The van der Waals surface area contributed by atoms with E-state index < -0.39 is 0 Å². The van der Waals surface area contributed by atoms with Crippen LogP contribution in [0.5, 0.6) is 0 Å². The van der Waals surface area contributed by atoms with Crippen LogP contribution >= 0.6 is 0 Å². The van der Waals surface area contributed by atoms with Crippen LogP contribution in [0.1, 0.15) is 55.8 Å². The molecule has 2 heterocycles. The summed E-state index contributed by atoms with van der Waals surface area (Å²) in [6.07, 6.45) is 7.40. The van der Waals surface area contributed by atoms with Gasteiger partial charge in [0.2, 0.25) is 0 Å². The molecular formula is C18H21N5. The highest BCUT2D eigenvalue weighted by molar-refractivity contribution is 5.52. The average molecular weight is 307 g/mol. The Kier molecular flexibility index (Phi) is 3.74. The quantitative estimate of drug-likeness (QED) is 0.872. The fourth-order valence-electron chi connectivity index (χ4n) is 3.56. The fraction of sp³-hybridized carbons (Fsp3) is 0.500. The Bertz CT molecular complexity index is 715. The van der Waals surface area contributed by atoms with Crippen LogP contribution in [0.2, 0.25) is 0 Å². The molecule has 2 aliphatic rings. The molecule has 1 aromatic carbocycles. The van der Waals surface area contributed by atoms with E-state index in [2.05, 4.69) is 45.5 Å². The maximum absolute atomic E-state index is 9.29. The van der Waals surface area contributed by atoms with E-state index in [1.165, 1.54) is 31.4 Å². The molecule has 2 fully saturated rings. The summed E-state index contributed by atoms with van der Waals surface area (Å²) >= 11 is 0. The van der Waals surface area contributed by atoms with Crippen molar-refractivity contribution >= 4 is 5.69 Å². The summed E-state index contributed by atoms with van der Waals surface area (Å²) < 4.78 is 1.86. The van der Waals surface area contributed by atoms with Crippen LogP contribution in [0.4, 0.5) is 5.69 Å². The first kappa shape index (κ1) is 14.3. The number of piperidine rings is 1. The predicted molar refractivity (Wildman–Crippen MR) is 88.7 cm³/mol. The zero-order chi connectivity index (χ0) is 15.6.